The van der Waals surface area contributed by atoms with Crippen molar-refractivity contribution in [3.05, 3.63) is 35.4 Å². The lowest BCUT2D eigenvalue weighted by atomic mass is 9.93. The summed E-state index contributed by atoms with van der Waals surface area (Å²) < 4.78 is 0. The molecule has 1 aliphatic rings. The molecule has 0 saturated carbocycles. The van der Waals surface area contributed by atoms with Gasteiger partial charge in [-0.05, 0) is 11.1 Å². The molecule has 0 radical (unpaired) electrons. The second-order valence-corrected chi connectivity index (χ2v) is 6.69. The molecule has 5 nitrogen and oxygen atoms in total. The minimum atomic E-state index is -0.991. The van der Waals surface area contributed by atoms with E-state index in [0.29, 0.717) is 18.7 Å². The molecule has 0 bridgehead atoms. The molecule has 1 aliphatic heterocycles. The molecule has 1 unspecified atom stereocenters. The Morgan fingerprint density at radius 1 is 1.32 bits per heavy atom. The number of thioether (sulfide) groups is 1. The van der Waals surface area contributed by atoms with E-state index >= 15 is 0 Å². The third-order valence-corrected chi connectivity index (χ3v) is 4.85. The average Bonchev–Trinajstić information content (AvgIpc) is 2.50. The van der Waals surface area contributed by atoms with E-state index in [-0.39, 0.29) is 16.9 Å². The third-order valence-electron chi connectivity index (χ3n) is 3.77. The van der Waals surface area contributed by atoms with Gasteiger partial charge in [0.2, 0.25) is 5.91 Å². The molecule has 0 aromatic heterocycles. The molecule has 0 spiro atoms. The van der Waals surface area contributed by atoms with Crippen molar-refractivity contribution in [3.63, 3.8) is 0 Å². The first-order valence-electron chi connectivity index (χ1n) is 7.13. The standard InChI is InChI=1S/C16H19NO4S/c1-10(9-22-11(2)18)15(19)17-8-13-6-4-3-5-12(13)7-14(17)16(20)21/h3-6,10,14H,7-9H2,1-2H3,(H,20,21)/t10?,14-/m0/s1. The van der Waals surface area contributed by atoms with E-state index in [2.05, 4.69) is 0 Å². The zero-order chi connectivity index (χ0) is 16.3. The number of carboxylic acids is 1. The molecule has 0 aliphatic carbocycles. The summed E-state index contributed by atoms with van der Waals surface area (Å²) in [6, 6.07) is 6.75. The number of carbonyl (C=O) groups excluding carboxylic acids is 2. The summed E-state index contributed by atoms with van der Waals surface area (Å²) in [5.41, 5.74) is 1.96. The van der Waals surface area contributed by atoms with Crippen LogP contribution in [-0.2, 0) is 27.3 Å². The summed E-state index contributed by atoms with van der Waals surface area (Å²) in [5, 5.41) is 9.39. The highest BCUT2D eigenvalue weighted by molar-refractivity contribution is 8.13. The maximum atomic E-state index is 12.6. The van der Waals surface area contributed by atoms with Crippen molar-refractivity contribution in [2.45, 2.75) is 32.9 Å². The number of carbonyl (C=O) groups is 3. The first-order valence-corrected chi connectivity index (χ1v) is 8.12. The number of rotatable bonds is 4. The molecule has 0 saturated heterocycles. The number of aliphatic carboxylic acids is 1. The second kappa shape index (κ2) is 6.96. The van der Waals surface area contributed by atoms with E-state index in [9.17, 15) is 19.5 Å². The minimum Gasteiger partial charge on any atom is -0.480 e. The lowest BCUT2D eigenvalue weighted by Crippen LogP contribution is -2.50. The van der Waals surface area contributed by atoms with Gasteiger partial charge in [-0.3, -0.25) is 9.59 Å². The minimum absolute atomic E-state index is 0.0431. The van der Waals surface area contributed by atoms with Crippen molar-refractivity contribution < 1.29 is 19.5 Å². The Kier molecular flexibility index (Phi) is 5.24. The Balaban J connectivity index is 2.18. The normalized spacial score (nSPS) is 18.5. The first-order chi connectivity index (χ1) is 10.4. The van der Waals surface area contributed by atoms with Gasteiger partial charge in [-0.2, -0.15) is 0 Å². The summed E-state index contributed by atoms with van der Waals surface area (Å²) in [5.74, 6) is -1.22. The van der Waals surface area contributed by atoms with E-state index in [1.165, 1.54) is 11.8 Å². The van der Waals surface area contributed by atoms with E-state index in [4.69, 9.17) is 0 Å². The van der Waals surface area contributed by atoms with Crippen molar-refractivity contribution in [1.82, 2.24) is 4.90 Å². The van der Waals surface area contributed by atoms with Gasteiger partial charge in [0.05, 0.1) is 0 Å². The van der Waals surface area contributed by atoms with Crippen molar-refractivity contribution >= 4 is 28.8 Å². The zero-order valence-corrected chi connectivity index (χ0v) is 13.4. The molecule has 1 aromatic carbocycles. The van der Waals surface area contributed by atoms with E-state index in [1.807, 2.05) is 24.3 Å². The fourth-order valence-corrected chi connectivity index (χ4v) is 3.20. The Morgan fingerprint density at radius 2 is 1.95 bits per heavy atom. The number of benzene rings is 1. The van der Waals surface area contributed by atoms with Crippen molar-refractivity contribution in [3.8, 4) is 0 Å². The van der Waals surface area contributed by atoms with Crippen molar-refractivity contribution in [2.24, 2.45) is 5.92 Å². The molecule has 1 aromatic rings. The molecular weight excluding hydrogens is 302 g/mol. The maximum absolute atomic E-state index is 12.6. The summed E-state index contributed by atoms with van der Waals surface area (Å²) in [6.07, 6.45) is 0.323. The van der Waals surface area contributed by atoms with Crippen LogP contribution in [0.5, 0.6) is 0 Å². The molecule has 2 rings (SSSR count). The van der Waals surface area contributed by atoms with E-state index in [1.54, 1.807) is 6.92 Å². The SMILES string of the molecule is CC(=O)SCC(C)C(=O)N1Cc2ccccc2C[C@H]1C(=O)O. The van der Waals surface area contributed by atoms with Gasteiger partial charge in [-0.1, -0.05) is 43.0 Å². The Hall–Kier alpha value is -1.82. The smallest absolute Gasteiger partial charge is 0.326 e. The maximum Gasteiger partial charge on any atom is 0.326 e. The van der Waals surface area contributed by atoms with Gasteiger partial charge in [0.15, 0.2) is 5.12 Å². The summed E-state index contributed by atoms with van der Waals surface area (Å²) >= 11 is 1.09. The van der Waals surface area contributed by atoms with E-state index in [0.717, 1.165) is 22.9 Å². The Morgan fingerprint density at radius 3 is 2.55 bits per heavy atom. The van der Waals surface area contributed by atoms with Crippen LogP contribution in [0.1, 0.15) is 25.0 Å². The molecule has 1 N–H and O–H groups in total. The number of hydrogen-bond acceptors (Lipinski definition) is 4. The number of carboxylic acid groups (broad SMARTS) is 1. The largest absolute Gasteiger partial charge is 0.480 e. The van der Waals surface area contributed by atoms with Crippen molar-refractivity contribution in [1.29, 1.82) is 0 Å². The van der Waals surface area contributed by atoms with Crippen LogP contribution < -0.4 is 0 Å². The van der Waals surface area contributed by atoms with Crippen LogP contribution in [0.4, 0.5) is 0 Å². The van der Waals surface area contributed by atoms with Crippen LogP contribution >= 0.6 is 11.8 Å². The molecule has 1 heterocycles. The fraction of sp³-hybridized carbons (Fsp3) is 0.438. The molecule has 6 heteroatoms. The van der Waals surface area contributed by atoms with Crippen LogP contribution in [0.25, 0.3) is 0 Å². The molecule has 1 amide bonds. The van der Waals surface area contributed by atoms with Crippen LogP contribution in [0.2, 0.25) is 0 Å². The van der Waals surface area contributed by atoms with Crippen LogP contribution in [0.15, 0.2) is 24.3 Å². The highest BCUT2D eigenvalue weighted by Crippen LogP contribution is 2.25. The molecule has 0 fully saturated rings. The molecule has 118 valence electrons. The molecule has 22 heavy (non-hydrogen) atoms. The summed E-state index contributed by atoms with van der Waals surface area (Å²) in [4.78, 5) is 36.5. The molecule has 2 atom stereocenters. The quantitative estimate of drug-likeness (QED) is 0.917. The topological polar surface area (TPSA) is 74.7 Å². The van der Waals surface area contributed by atoms with Crippen molar-refractivity contribution in [2.75, 3.05) is 5.75 Å². The lowest BCUT2D eigenvalue weighted by molar-refractivity contribution is -0.152. The Bertz CT molecular complexity index is 602. The zero-order valence-electron chi connectivity index (χ0n) is 12.6. The highest BCUT2D eigenvalue weighted by atomic mass is 32.2. The highest BCUT2D eigenvalue weighted by Gasteiger charge is 2.36. The van der Waals surface area contributed by atoms with Gasteiger partial charge in [-0.25, -0.2) is 4.79 Å². The van der Waals surface area contributed by atoms with Gasteiger partial charge in [0.25, 0.3) is 0 Å². The second-order valence-electron chi connectivity index (χ2n) is 5.50. The lowest BCUT2D eigenvalue weighted by Gasteiger charge is -2.36. The number of amides is 1. The van der Waals surface area contributed by atoms with E-state index < -0.39 is 12.0 Å². The van der Waals surface area contributed by atoms with Gasteiger partial charge < -0.3 is 10.0 Å². The number of nitrogens with zero attached hydrogens (tertiary/aromatic N) is 1. The Labute approximate surface area is 133 Å². The van der Waals surface area contributed by atoms with Crippen LogP contribution in [0, 0.1) is 5.92 Å². The van der Waals surface area contributed by atoms with Crippen LogP contribution in [0.3, 0.4) is 0 Å². The fourth-order valence-electron chi connectivity index (χ4n) is 2.57. The van der Waals surface area contributed by atoms with Crippen LogP contribution in [-0.4, -0.2) is 38.8 Å². The first kappa shape index (κ1) is 16.5. The predicted octanol–water partition coefficient (Wildman–Crippen LogP) is 1.94. The number of hydrogen-bond donors (Lipinski definition) is 1. The van der Waals surface area contributed by atoms with Gasteiger partial charge in [0, 0.05) is 31.6 Å². The third kappa shape index (κ3) is 3.68. The molecular formula is C16H19NO4S. The summed E-state index contributed by atoms with van der Waals surface area (Å²) in [7, 11) is 0. The van der Waals surface area contributed by atoms with Gasteiger partial charge in [-0.15, -0.1) is 0 Å². The average molecular weight is 321 g/mol. The van der Waals surface area contributed by atoms with Gasteiger partial charge in [0.1, 0.15) is 6.04 Å². The summed E-state index contributed by atoms with van der Waals surface area (Å²) in [6.45, 7) is 3.50. The van der Waals surface area contributed by atoms with Gasteiger partial charge >= 0.3 is 5.97 Å². The monoisotopic (exact) mass is 321 g/mol. The number of fused-ring (bicyclic) bond motifs is 1. The predicted molar refractivity (Wildman–Crippen MR) is 84.4 cm³/mol.